The van der Waals surface area contributed by atoms with Crippen LogP contribution in [0.3, 0.4) is 0 Å². The molecule has 19 heavy (non-hydrogen) atoms. The first-order chi connectivity index (χ1) is 8.95. The molecule has 1 aromatic rings. The predicted molar refractivity (Wildman–Crippen MR) is 72.5 cm³/mol. The maximum atomic E-state index is 11.1. The summed E-state index contributed by atoms with van der Waals surface area (Å²) in [6, 6.07) is 3.40. The van der Waals surface area contributed by atoms with Gasteiger partial charge in [-0.15, -0.1) is 0 Å². The van der Waals surface area contributed by atoms with Gasteiger partial charge in [-0.2, -0.15) is 5.06 Å². The van der Waals surface area contributed by atoms with Crippen LogP contribution >= 0.6 is 23.2 Å². The molecule has 1 atom stereocenters. The summed E-state index contributed by atoms with van der Waals surface area (Å²) in [4.78, 5) is 20.5. The van der Waals surface area contributed by atoms with Gasteiger partial charge in [0.05, 0.1) is 21.1 Å². The van der Waals surface area contributed by atoms with Crippen molar-refractivity contribution in [2.45, 2.75) is 26.6 Å². The summed E-state index contributed by atoms with van der Waals surface area (Å²) in [5, 5.41) is 3.36. The van der Waals surface area contributed by atoms with Crippen LogP contribution in [0.15, 0.2) is 17.1 Å². The number of carbonyl (C=O) groups is 1. The molecule has 102 valence electrons. The summed E-state index contributed by atoms with van der Waals surface area (Å²) in [5.74, 6) is -0.474. The Kier molecular flexibility index (Phi) is 3.99. The number of hydrogen-bond donors (Lipinski definition) is 1. The number of benzene rings is 1. The quantitative estimate of drug-likeness (QED) is 0.890. The molecule has 0 amide bonds. The highest BCUT2D eigenvalue weighted by molar-refractivity contribution is 6.42. The molecule has 0 fully saturated rings. The number of fused-ring (bicyclic) bond motifs is 1. The van der Waals surface area contributed by atoms with Crippen molar-refractivity contribution in [3.05, 3.63) is 32.8 Å². The first kappa shape index (κ1) is 14.1. The van der Waals surface area contributed by atoms with E-state index >= 15 is 0 Å². The van der Waals surface area contributed by atoms with Crippen LogP contribution in [0.25, 0.3) is 5.70 Å². The topological polar surface area (TPSA) is 67.9 Å². The van der Waals surface area contributed by atoms with E-state index in [0.29, 0.717) is 32.7 Å². The van der Waals surface area contributed by atoms with Crippen LogP contribution in [0.1, 0.15) is 20.3 Å². The van der Waals surface area contributed by atoms with E-state index in [1.165, 1.54) is 12.0 Å². The van der Waals surface area contributed by atoms with Crippen LogP contribution in [0.5, 0.6) is 0 Å². The molecular weight excluding hydrogens is 289 g/mol. The van der Waals surface area contributed by atoms with E-state index in [1.54, 1.807) is 12.1 Å². The zero-order valence-corrected chi connectivity index (χ0v) is 12.0. The van der Waals surface area contributed by atoms with Gasteiger partial charge >= 0.3 is 5.97 Å². The highest BCUT2D eigenvalue weighted by atomic mass is 35.5. The van der Waals surface area contributed by atoms with Gasteiger partial charge < -0.3 is 4.84 Å². The highest BCUT2D eigenvalue weighted by Crippen LogP contribution is 2.20. The minimum Gasteiger partial charge on any atom is -0.338 e. The van der Waals surface area contributed by atoms with E-state index in [4.69, 9.17) is 33.8 Å². The Morgan fingerprint density at radius 2 is 2.21 bits per heavy atom. The Balaban J connectivity index is 2.75. The Hall–Kier alpha value is -1.30. The average Bonchev–Trinajstić information content (AvgIpc) is 2.35. The van der Waals surface area contributed by atoms with E-state index in [0.717, 1.165) is 0 Å². The normalized spacial score (nSPS) is 17.8. The van der Waals surface area contributed by atoms with Crippen LogP contribution in [0.2, 0.25) is 10.0 Å². The lowest BCUT2D eigenvalue weighted by atomic mass is 10.2. The number of carbonyl (C=O) groups excluding carboxylic acids is 1. The molecular formula is C12H13Cl2N3O2. The molecule has 1 aromatic carbocycles. The van der Waals surface area contributed by atoms with Gasteiger partial charge in [-0.1, -0.05) is 30.1 Å². The van der Waals surface area contributed by atoms with E-state index in [1.807, 2.05) is 6.92 Å². The van der Waals surface area contributed by atoms with E-state index in [-0.39, 0.29) is 0 Å². The zero-order valence-electron chi connectivity index (χ0n) is 10.5. The van der Waals surface area contributed by atoms with Crippen molar-refractivity contribution >= 4 is 34.9 Å². The minimum atomic E-state index is -0.788. The number of hydroxylamine groups is 2. The molecule has 0 aliphatic carbocycles. The van der Waals surface area contributed by atoms with Crippen LogP contribution < -0.4 is 16.3 Å². The van der Waals surface area contributed by atoms with E-state index < -0.39 is 12.3 Å². The zero-order chi connectivity index (χ0) is 14.2. The van der Waals surface area contributed by atoms with Crippen molar-refractivity contribution in [3.63, 3.8) is 0 Å². The number of hydrogen-bond acceptors (Lipinski definition) is 5. The summed E-state index contributed by atoms with van der Waals surface area (Å²) >= 11 is 12.2. The molecule has 0 aromatic heterocycles. The Labute approximate surface area is 120 Å². The van der Waals surface area contributed by atoms with Crippen LogP contribution in [-0.2, 0) is 9.63 Å². The smallest absolute Gasteiger partial charge is 0.329 e. The second-order valence-corrected chi connectivity index (χ2v) is 4.79. The fourth-order valence-corrected chi connectivity index (χ4v) is 2.39. The number of nitrogens with zero attached hydrogens (tertiary/aromatic N) is 2. The van der Waals surface area contributed by atoms with Crippen LogP contribution in [0.4, 0.5) is 0 Å². The molecule has 1 aliphatic rings. The van der Waals surface area contributed by atoms with E-state index in [2.05, 4.69) is 4.99 Å². The monoisotopic (exact) mass is 301 g/mol. The van der Waals surface area contributed by atoms with Gasteiger partial charge in [0, 0.05) is 12.1 Å². The molecule has 0 bridgehead atoms. The summed E-state index contributed by atoms with van der Waals surface area (Å²) in [5.41, 5.74) is 6.56. The van der Waals surface area contributed by atoms with Gasteiger partial charge in [0.1, 0.15) is 0 Å². The number of rotatable bonds is 2. The first-order valence-corrected chi connectivity index (χ1v) is 6.49. The van der Waals surface area contributed by atoms with Gasteiger partial charge in [-0.05, 0) is 18.6 Å². The molecule has 1 heterocycles. The lowest BCUT2D eigenvalue weighted by Crippen LogP contribution is -2.50. The van der Waals surface area contributed by atoms with Gasteiger partial charge in [-0.25, -0.2) is 4.99 Å². The predicted octanol–water partition coefficient (Wildman–Crippen LogP) is 1.17. The van der Waals surface area contributed by atoms with Crippen molar-refractivity contribution < 1.29 is 9.63 Å². The fraction of sp³-hybridized carbons (Fsp3) is 0.333. The molecule has 1 aliphatic heterocycles. The standard InChI is InChI=1S/C12H13Cl2N3O2/c1-3-9-10-8(5-4-7(13)11(10)14)16-12(15)17(9)19-6(2)18/h4-5,12H,3,15H2,1-2H3. The third kappa shape index (κ3) is 2.54. The minimum absolute atomic E-state index is 0.379. The number of halogens is 2. The first-order valence-electron chi connectivity index (χ1n) is 5.74. The Morgan fingerprint density at radius 3 is 2.79 bits per heavy atom. The van der Waals surface area contributed by atoms with Crippen molar-refractivity contribution in [1.82, 2.24) is 5.06 Å². The lowest BCUT2D eigenvalue weighted by Gasteiger charge is -2.30. The maximum absolute atomic E-state index is 11.1. The van der Waals surface area contributed by atoms with Crippen molar-refractivity contribution in [3.8, 4) is 0 Å². The Bertz CT molecular complexity index is 645. The molecule has 2 rings (SSSR count). The summed E-state index contributed by atoms with van der Waals surface area (Å²) in [7, 11) is 0. The van der Waals surface area contributed by atoms with E-state index in [9.17, 15) is 4.79 Å². The molecule has 0 saturated carbocycles. The molecule has 1 unspecified atom stereocenters. The maximum Gasteiger partial charge on any atom is 0.329 e. The third-order valence-corrected chi connectivity index (χ3v) is 3.51. The van der Waals surface area contributed by atoms with Crippen molar-refractivity contribution in [2.75, 3.05) is 0 Å². The summed E-state index contributed by atoms with van der Waals surface area (Å²) in [6.45, 7) is 3.21. The molecule has 5 nitrogen and oxygen atoms in total. The van der Waals surface area contributed by atoms with Gasteiger partial charge in [0.2, 0.25) is 6.29 Å². The summed E-state index contributed by atoms with van der Waals surface area (Å²) < 4.78 is 0. The molecule has 0 spiro atoms. The van der Waals surface area contributed by atoms with Crippen LogP contribution in [-0.4, -0.2) is 17.3 Å². The molecule has 7 heteroatoms. The highest BCUT2D eigenvalue weighted by Gasteiger charge is 2.25. The SMILES string of the molecule is CCC1=c2c(Cl)c(Cl)ccc2=NC(N)N1OC(C)=O. The molecule has 0 saturated heterocycles. The van der Waals surface area contributed by atoms with Gasteiger partial charge in [0.25, 0.3) is 0 Å². The van der Waals surface area contributed by atoms with Crippen LogP contribution in [0, 0.1) is 0 Å². The summed E-state index contributed by atoms with van der Waals surface area (Å²) in [6.07, 6.45) is -0.215. The molecule has 2 N–H and O–H groups in total. The lowest BCUT2D eigenvalue weighted by molar-refractivity contribution is -0.181. The van der Waals surface area contributed by atoms with Crippen molar-refractivity contribution in [1.29, 1.82) is 0 Å². The largest absolute Gasteiger partial charge is 0.338 e. The number of nitrogens with two attached hydrogens (primary N) is 1. The second kappa shape index (κ2) is 5.36. The van der Waals surface area contributed by atoms with Crippen molar-refractivity contribution in [2.24, 2.45) is 10.7 Å². The van der Waals surface area contributed by atoms with Gasteiger partial charge in [-0.3, -0.25) is 10.5 Å². The molecule has 0 radical (unpaired) electrons. The fourth-order valence-electron chi connectivity index (χ4n) is 1.97. The second-order valence-electron chi connectivity index (χ2n) is 4.01. The average molecular weight is 302 g/mol. The Morgan fingerprint density at radius 1 is 1.53 bits per heavy atom. The third-order valence-electron chi connectivity index (χ3n) is 2.70. The van der Waals surface area contributed by atoms with Gasteiger partial charge in [0.15, 0.2) is 0 Å².